The molecule has 1 spiro atoms. The quantitative estimate of drug-likeness (QED) is 0.200. The van der Waals surface area contributed by atoms with Crippen molar-refractivity contribution in [3.05, 3.63) is 57.3 Å². The van der Waals surface area contributed by atoms with E-state index < -0.39 is 12.6 Å². The van der Waals surface area contributed by atoms with E-state index in [1.807, 2.05) is 4.90 Å². The molecule has 0 bridgehead atoms. The molecule has 2 aliphatic carbocycles. The van der Waals surface area contributed by atoms with E-state index >= 15 is 0 Å². The number of aromatic carboxylic acids is 1. The second kappa shape index (κ2) is 10.7. The molecule has 220 valence electrons. The number of carbonyl (C=O) groups is 1. The maximum atomic E-state index is 14.3. The van der Waals surface area contributed by atoms with E-state index in [9.17, 15) is 14.3 Å². The number of aromatic nitrogens is 2. The van der Waals surface area contributed by atoms with Gasteiger partial charge in [-0.3, -0.25) is 0 Å². The van der Waals surface area contributed by atoms with E-state index in [0.29, 0.717) is 67.9 Å². The average Bonchev–Trinajstić information content (AvgIpc) is 3.38. The summed E-state index contributed by atoms with van der Waals surface area (Å²) in [6, 6.07) is 8.13. The molecule has 8 nitrogen and oxygen atoms in total. The Bertz CT molecular complexity index is 1660. The molecule has 3 fully saturated rings. The minimum atomic E-state index is -1.04. The largest absolute Gasteiger partial charge is 0.494 e. The van der Waals surface area contributed by atoms with Gasteiger partial charge in [-0.05, 0) is 61.8 Å². The Labute approximate surface area is 255 Å². The van der Waals surface area contributed by atoms with Crippen LogP contribution in [0.5, 0.6) is 5.75 Å². The number of alkyl halides is 1. The number of benzene rings is 2. The van der Waals surface area contributed by atoms with Gasteiger partial charge >= 0.3 is 5.97 Å². The average molecular weight is 633 g/mol. The van der Waals surface area contributed by atoms with Gasteiger partial charge in [0.2, 0.25) is 0 Å². The van der Waals surface area contributed by atoms with Crippen LogP contribution < -0.4 is 9.64 Å². The molecular formula is C30H28Cl2FN3O5S. The fourth-order valence-electron chi connectivity index (χ4n) is 6.48. The summed E-state index contributed by atoms with van der Waals surface area (Å²) >= 11 is 14.4. The first-order valence-corrected chi connectivity index (χ1v) is 15.5. The summed E-state index contributed by atoms with van der Waals surface area (Å²) in [5.74, 6) is 0.542. The maximum Gasteiger partial charge on any atom is 0.335 e. The highest BCUT2D eigenvalue weighted by atomic mass is 35.5. The van der Waals surface area contributed by atoms with Crippen molar-refractivity contribution in [2.45, 2.75) is 56.8 Å². The minimum absolute atomic E-state index is 0.0234. The lowest BCUT2D eigenvalue weighted by atomic mass is 9.65. The van der Waals surface area contributed by atoms with E-state index in [1.54, 1.807) is 24.3 Å². The third-order valence-electron chi connectivity index (χ3n) is 8.71. The van der Waals surface area contributed by atoms with Crippen molar-refractivity contribution in [2.75, 3.05) is 25.2 Å². The molecule has 0 amide bonds. The second-order valence-electron chi connectivity index (χ2n) is 11.6. The lowest BCUT2D eigenvalue weighted by molar-refractivity contribution is -0.0809. The van der Waals surface area contributed by atoms with Crippen molar-refractivity contribution >= 4 is 55.9 Å². The van der Waals surface area contributed by atoms with Crippen molar-refractivity contribution in [3.8, 4) is 17.0 Å². The number of fused-ring (bicyclic) bond motifs is 1. The van der Waals surface area contributed by atoms with Crippen LogP contribution in [0.1, 0.15) is 59.7 Å². The van der Waals surface area contributed by atoms with E-state index in [2.05, 4.69) is 5.16 Å². The molecule has 3 aliphatic rings. The summed E-state index contributed by atoms with van der Waals surface area (Å²) in [4.78, 5) is 18.4. The zero-order chi connectivity index (χ0) is 29.2. The topological polar surface area (TPSA) is 97.9 Å². The van der Waals surface area contributed by atoms with Gasteiger partial charge in [0.05, 0.1) is 46.2 Å². The third-order valence-corrected chi connectivity index (χ3v) is 10.4. The molecule has 1 saturated heterocycles. The molecule has 0 unspecified atom stereocenters. The first-order valence-electron chi connectivity index (χ1n) is 13.9. The summed E-state index contributed by atoms with van der Waals surface area (Å²) in [5, 5.41) is 15.5. The molecule has 42 heavy (non-hydrogen) atoms. The Kier molecular flexibility index (Phi) is 7.08. The van der Waals surface area contributed by atoms with Crippen LogP contribution in [0.2, 0.25) is 10.0 Å². The first kappa shape index (κ1) is 27.9. The molecule has 4 aromatic rings. The molecule has 7 rings (SSSR count). The van der Waals surface area contributed by atoms with Crippen LogP contribution in [0.15, 0.2) is 34.9 Å². The molecule has 2 aromatic heterocycles. The Balaban J connectivity index is 1.07. The van der Waals surface area contributed by atoms with Crippen molar-refractivity contribution < 1.29 is 28.3 Å². The van der Waals surface area contributed by atoms with E-state index in [4.69, 9.17) is 42.2 Å². The zero-order valence-electron chi connectivity index (χ0n) is 22.7. The molecule has 3 heterocycles. The SMILES string of the molecule is COc1cc(C(=O)O)cc2sc(N3CC4(CC(OCc5c(-c6c(Cl)cccc6Cl)noc5C5CC5)C4)C[C@H]3CF)nc12. The summed E-state index contributed by atoms with van der Waals surface area (Å²) in [5.41, 5.74) is 2.82. The highest BCUT2D eigenvalue weighted by molar-refractivity contribution is 7.22. The smallest absolute Gasteiger partial charge is 0.335 e. The number of hydrogen-bond donors (Lipinski definition) is 1. The van der Waals surface area contributed by atoms with E-state index in [0.717, 1.165) is 37.0 Å². The highest BCUT2D eigenvalue weighted by Gasteiger charge is 2.53. The lowest BCUT2D eigenvalue weighted by Crippen LogP contribution is -2.44. The van der Waals surface area contributed by atoms with Gasteiger partial charge < -0.3 is 24.0 Å². The minimum Gasteiger partial charge on any atom is -0.494 e. The summed E-state index contributed by atoms with van der Waals surface area (Å²) in [7, 11) is 1.49. The number of methoxy groups -OCH3 is 1. The number of carboxylic acid groups (broad SMARTS) is 1. The first-order chi connectivity index (χ1) is 20.3. The molecule has 0 radical (unpaired) electrons. The molecule has 12 heteroatoms. The van der Waals surface area contributed by atoms with Crippen LogP contribution >= 0.6 is 34.5 Å². The molecule has 2 saturated carbocycles. The zero-order valence-corrected chi connectivity index (χ0v) is 25.1. The summed E-state index contributed by atoms with van der Waals surface area (Å²) < 4.78 is 32.6. The molecule has 1 atom stereocenters. The monoisotopic (exact) mass is 631 g/mol. The van der Waals surface area contributed by atoms with Gasteiger partial charge in [-0.2, -0.15) is 0 Å². The number of hydrogen-bond acceptors (Lipinski definition) is 8. The van der Waals surface area contributed by atoms with Crippen molar-refractivity contribution in [3.63, 3.8) is 0 Å². The number of ether oxygens (including phenoxy) is 2. The Hall–Kier alpha value is -2.92. The van der Waals surface area contributed by atoms with Crippen LogP contribution in [-0.2, 0) is 11.3 Å². The number of nitrogens with zero attached hydrogens (tertiary/aromatic N) is 3. The number of halogens is 3. The van der Waals surface area contributed by atoms with Gasteiger partial charge in [0, 0.05) is 23.6 Å². The van der Waals surface area contributed by atoms with E-state index in [-0.39, 0.29) is 23.1 Å². The molecule has 1 N–H and O–H groups in total. The Morgan fingerprint density at radius 1 is 1.24 bits per heavy atom. The fourth-order valence-corrected chi connectivity index (χ4v) is 8.15. The van der Waals surface area contributed by atoms with Crippen molar-refractivity contribution in [1.82, 2.24) is 10.1 Å². The molecular weight excluding hydrogens is 604 g/mol. The van der Waals surface area contributed by atoms with Crippen LogP contribution in [0.3, 0.4) is 0 Å². The van der Waals surface area contributed by atoms with Gasteiger partial charge in [-0.25, -0.2) is 14.2 Å². The van der Waals surface area contributed by atoms with Gasteiger partial charge in [0.15, 0.2) is 5.13 Å². The predicted octanol–water partition coefficient (Wildman–Crippen LogP) is 7.76. The van der Waals surface area contributed by atoms with Crippen molar-refractivity contribution in [1.29, 1.82) is 0 Å². The van der Waals surface area contributed by atoms with Gasteiger partial charge in [0.1, 0.15) is 29.4 Å². The number of thiazole rings is 1. The van der Waals surface area contributed by atoms with Crippen LogP contribution in [-0.4, -0.2) is 53.7 Å². The Morgan fingerprint density at radius 2 is 2.00 bits per heavy atom. The normalized spacial score (nSPS) is 23.6. The van der Waals surface area contributed by atoms with Gasteiger partial charge in [-0.1, -0.05) is 45.8 Å². The predicted molar refractivity (Wildman–Crippen MR) is 159 cm³/mol. The second-order valence-corrected chi connectivity index (χ2v) is 13.4. The lowest BCUT2D eigenvalue weighted by Gasteiger charge is -2.44. The maximum absolute atomic E-state index is 14.3. The Morgan fingerprint density at radius 3 is 2.67 bits per heavy atom. The fraction of sp³-hybridized carbons (Fsp3) is 0.433. The van der Waals surface area contributed by atoms with Gasteiger partial charge in [-0.15, -0.1) is 0 Å². The third kappa shape index (κ3) is 4.82. The van der Waals surface area contributed by atoms with Gasteiger partial charge in [0.25, 0.3) is 0 Å². The number of carboxylic acids is 1. The molecule has 1 aliphatic heterocycles. The number of anilines is 1. The highest BCUT2D eigenvalue weighted by Crippen LogP contribution is 2.54. The molecule has 2 aromatic carbocycles. The van der Waals surface area contributed by atoms with Crippen LogP contribution in [0.4, 0.5) is 9.52 Å². The van der Waals surface area contributed by atoms with Crippen LogP contribution in [0, 0.1) is 5.41 Å². The number of rotatable bonds is 9. The van der Waals surface area contributed by atoms with E-state index in [1.165, 1.54) is 24.5 Å². The standard InChI is InChI=1S/C30H28Cl2FN3O5S/c1-39-22-7-16(28(37)38)8-23-26(22)34-29(42-23)36-14-30(9-17(36)12-33)10-18(11-30)40-13-19-25(35-41-27(19)15-5-6-15)24-20(31)3-2-4-21(24)32/h2-4,7-8,15,17-18H,5-6,9-14H2,1H3,(H,37,38)/t17-,18?,30?/m0/s1. The van der Waals surface area contributed by atoms with Crippen LogP contribution in [0.25, 0.3) is 21.5 Å². The summed E-state index contributed by atoms with van der Waals surface area (Å²) in [6.07, 6.45) is 4.46. The summed E-state index contributed by atoms with van der Waals surface area (Å²) in [6.45, 7) is 0.511. The van der Waals surface area contributed by atoms with Crippen molar-refractivity contribution in [2.24, 2.45) is 5.41 Å².